The minimum Gasteiger partial charge on any atom is -0.454 e. The summed E-state index contributed by atoms with van der Waals surface area (Å²) in [4.78, 5) is 12.4. The molecule has 1 amide bonds. The first-order chi connectivity index (χ1) is 14.4. The number of benzene rings is 2. The maximum Gasteiger partial charge on any atom is 0.416 e. The maximum atomic E-state index is 13.5. The second-order valence-corrected chi connectivity index (χ2v) is 7.18. The molecule has 2 aromatic carbocycles. The van der Waals surface area contributed by atoms with E-state index in [0.29, 0.717) is 29.4 Å². The highest BCUT2D eigenvalue weighted by Gasteiger charge is 2.38. The first-order valence-corrected chi connectivity index (χ1v) is 9.30. The third-order valence-corrected chi connectivity index (χ3v) is 5.30. The van der Waals surface area contributed by atoms with Gasteiger partial charge in [0.15, 0.2) is 11.5 Å². The molecule has 0 fully saturated rings. The number of hydrogen-bond donors (Lipinski definition) is 1. The zero-order chi connectivity index (χ0) is 20.9. The van der Waals surface area contributed by atoms with Gasteiger partial charge in [-0.05, 0) is 29.3 Å². The fraction of sp³-hybridized carbons (Fsp3) is 0.238. The number of carbonyl (C=O) groups excluding carboxylic acids is 1. The molecule has 1 unspecified atom stereocenters. The van der Waals surface area contributed by atoms with E-state index in [1.807, 2.05) is 12.1 Å². The summed E-state index contributed by atoms with van der Waals surface area (Å²) in [6.45, 7) is 0.478. The summed E-state index contributed by atoms with van der Waals surface area (Å²) < 4.78 is 52.9. The van der Waals surface area contributed by atoms with Crippen LogP contribution in [0, 0.1) is 0 Å². The molecule has 0 saturated heterocycles. The summed E-state index contributed by atoms with van der Waals surface area (Å²) in [5.74, 6) is 0.604. The average Bonchev–Trinajstić information content (AvgIpc) is 3.34. The monoisotopic (exact) mass is 415 g/mol. The zero-order valence-corrected chi connectivity index (χ0v) is 15.6. The van der Waals surface area contributed by atoms with Crippen molar-refractivity contribution in [3.05, 3.63) is 70.9 Å². The minimum absolute atomic E-state index is 0.0729. The summed E-state index contributed by atoms with van der Waals surface area (Å²) in [6.07, 6.45) is -3.05. The average molecular weight is 415 g/mol. The number of ether oxygens (including phenoxy) is 2. The smallest absolute Gasteiger partial charge is 0.416 e. The number of fused-ring (bicyclic) bond motifs is 2. The topological polar surface area (TPSA) is 65.4 Å². The fourth-order valence-electron chi connectivity index (χ4n) is 3.94. The van der Waals surface area contributed by atoms with Crippen LogP contribution in [0.2, 0.25) is 0 Å². The van der Waals surface area contributed by atoms with Crippen LogP contribution in [0.4, 0.5) is 19.0 Å². The molecule has 2 aliphatic rings. The van der Waals surface area contributed by atoms with Gasteiger partial charge >= 0.3 is 6.18 Å². The molecule has 154 valence electrons. The molecule has 3 aromatic rings. The van der Waals surface area contributed by atoms with Gasteiger partial charge in [0.1, 0.15) is 5.82 Å². The van der Waals surface area contributed by atoms with Crippen molar-refractivity contribution in [2.75, 3.05) is 12.1 Å². The molecule has 30 heavy (non-hydrogen) atoms. The summed E-state index contributed by atoms with van der Waals surface area (Å²) in [5, 5.41) is 7.10. The molecule has 5 rings (SSSR count). The molecule has 6 nitrogen and oxygen atoms in total. The lowest BCUT2D eigenvalue weighted by atomic mass is 9.84. The Balaban J connectivity index is 1.52. The third kappa shape index (κ3) is 3.16. The van der Waals surface area contributed by atoms with Gasteiger partial charge in [-0.25, -0.2) is 4.68 Å². The Kier molecular flexibility index (Phi) is 4.19. The van der Waals surface area contributed by atoms with Gasteiger partial charge in [0, 0.05) is 17.9 Å². The van der Waals surface area contributed by atoms with Crippen molar-refractivity contribution in [1.82, 2.24) is 9.78 Å². The van der Waals surface area contributed by atoms with E-state index >= 15 is 0 Å². The Labute approximate surface area is 169 Å². The van der Waals surface area contributed by atoms with Crippen molar-refractivity contribution in [3.8, 4) is 11.5 Å². The number of aromatic nitrogens is 2. The largest absolute Gasteiger partial charge is 0.454 e. The molecule has 1 atom stereocenters. The van der Waals surface area contributed by atoms with E-state index < -0.39 is 17.7 Å². The molecular weight excluding hydrogens is 399 g/mol. The fourth-order valence-corrected chi connectivity index (χ4v) is 3.94. The molecule has 0 aliphatic carbocycles. The predicted octanol–water partition coefficient (Wildman–Crippen LogP) is 4.15. The zero-order valence-electron chi connectivity index (χ0n) is 15.6. The number of hydrogen-bond acceptors (Lipinski definition) is 4. The lowest BCUT2D eigenvalue weighted by Gasteiger charge is -2.26. The van der Waals surface area contributed by atoms with Crippen LogP contribution >= 0.6 is 0 Å². The van der Waals surface area contributed by atoms with Crippen LogP contribution < -0.4 is 14.8 Å². The quantitative estimate of drug-likeness (QED) is 0.698. The number of nitrogens with zero attached hydrogens (tertiary/aromatic N) is 2. The molecule has 9 heteroatoms. The highest BCUT2D eigenvalue weighted by Crippen LogP contribution is 2.43. The summed E-state index contributed by atoms with van der Waals surface area (Å²) in [7, 11) is 0. The molecule has 0 bridgehead atoms. The molecule has 1 aromatic heterocycles. The number of amides is 1. The highest BCUT2D eigenvalue weighted by atomic mass is 19.4. The van der Waals surface area contributed by atoms with Crippen LogP contribution in [0.3, 0.4) is 0 Å². The van der Waals surface area contributed by atoms with Gasteiger partial charge in [0.2, 0.25) is 12.7 Å². The lowest BCUT2D eigenvalue weighted by molar-refractivity contribution is -0.138. The van der Waals surface area contributed by atoms with Gasteiger partial charge in [-0.15, -0.1) is 0 Å². The number of anilines is 1. The van der Waals surface area contributed by atoms with Crippen molar-refractivity contribution in [2.45, 2.75) is 25.1 Å². The van der Waals surface area contributed by atoms with Crippen LogP contribution in [0.5, 0.6) is 11.5 Å². The van der Waals surface area contributed by atoms with Crippen molar-refractivity contribution in [1.29, 1.82) is 0 Å². The van der Waals surface area contributed by atoms with E-state index in [-0.39, 0.29) is 24.7 Å². The van der Waals surface area contributed by atoms with E-state index in [1.165, 1.54) is 18.3 Å². The molecule has 0 spiro atoms. The van der Waals surface area contributed by atoms with Gasteiger partial charge < -0.3 is 14.8 Å². The van der Waals surface area contributed by atoms with E-state index in [0.717, 1.165) is 11.6 Å². The minimum atomic E-state index is -4.51. The van der Waals surface area contributed by atoms with Crippen LogP contribution in [0.25, 0.3) is 0 Å². The third-order valence-electron chi connectivity index (χ3n) is 5.30. The lowest BCUT2D eigenvalue weighted by Crippen LogP contribution is -2.26. The Morgan fingerprint density at radius 1 is 1.10 bits per heavy atom. The number of carbonyl (C=O) groups is 1. The van der Waals surface area contributed by atoms with E-state index in [1.54, 1.807) is 16.8 Å². The normalized spacial score (nSPS) is 17.6. The van der Waals surface area contributed by atoms with E-state index in [4.69, 9.17) is 9.47 Å². The molecular formula is C21H16F3N3O3. The Bertz CT molecular complexity index is 1140. The van der Waals surface area contributed by atoms with Gasteiger partial charge in [-0.2, -0.15) is 18.3 Å². The Hall–Kier alpha value is -3.49. The van der Waals surface area contributed by atoms with Crippen LogP contribution in [-0.4, -0.2) is 22.5 Å². The second kappa shape index (κ2) is 6.79. The highest BCUT2D eigenvalue weighted by molar-refractivity contribution is 5.94. The van der Waals surface area contributed by atoms with Gasteiger partial charge in [0.05, 0.1) is 18.3 Å². The SMILES string of the molecule is O=C1CC(c2ccccc2C(F)(F)F)c2cnn(Cc3ccc4c(c3)OCO4)c2N1. The summed E-state index contributed by atoms with van der Waals surface area (Å²) in [6, 6.07) is 10.8. The molecule has 2 aliphatic heterocycles. The van der Waals surface area contributed by atoms with Crippen molar-refractivity contribution in [3.63, 3.8) is 0 Å². The van der Waals surface area contributed by atoms with Gasteiger partial charge in [-0.3, -0.25) is 4.79 Å². The first kappa shape index (κ1) is 18.5. The van der Waals surface area contributed by atoms with Crippen LogP contribution in [-0.2, 0) is 17.5 Å². The molecule has 1 N–H and O–H groups in total. The maximum absolute atomic E-state index is 13.5. The molecule has 3 heterocycles. The Morgan fingerprint density at radius 3 is 2.73 bits per heavy atom. The van der Waals surface area contributed by atoms with Crippen molar-refractivity contribution in [2.24, 2.45) is 0 Å². The summed E-state index contributed by atoms with van der Waals surface area (Å²) >= 11 is 0. The number of alkyl halides is 3. The molecule has 0 saturated carbocycles. The Morgan fingerprint density at radius 2 is 1.90 bits per heavy atom. The van der Waals surface area contributed by atoms with Crippen LogP contribution in [0.15, 0.2) is 48.7 Å². The number of rotatable bonds is 3. The van der Waals surface area contributed by atoms with Gasteiger partial charge in [0.25, 0.3) is 0 Å². The van der Waals surface area contributed by atoms with Crippen molar-refractivity contribution < 1.29 is 27.4 Å². The first-order valence-electron chi connectivity index (χ1n) is 9.30. The number of halogens is 3. The second-order valence-electron chi connectivity index (χ2n) is 7.18. The standard InChI is InChI=1S/C21H16F3N3O3/c22-21(23,24)16-4-2-1-3-13(16)14-8-19(28)26-20-15(14)9-25-27(20)10-12-5-6-17-18(7-12)30-11-29-17/h1-7,9,14H,8,10-11H2,(H,26,28). The summed E-state index contributed by atoms with van der Waals surface area (Å²) in [5.41, 5.74) is 0.757. The predicted molar refractivity (Wildman–Crippen MR) is 100 cm³/mol. The van der Waals surface area contributed by atoms with E-state index in [2.05, 4.69) is 10.4 Å². The number of nitrogens with one attached hydrogen (secondary N) is 1. The van der Waals surface area contributed by atoms with Crippen molar-refractivity contribution >= 4 is 11.7 Å². The van der Waals surface area contributed by atoms with E-state index in [9.17, 15) is 18.0 Å². The van der Waals surface area contributed by atoms with Crippen LogP contribution in [0.1, 0.15) is 34.6 Å². The molecule has 0 radical (unpaired) electrons. The van der Waals surface area contributed by atoms with Gasteiger partial charge in [-0.1, -0.05) is 24.3 Å².